The van der Waals surface area contributed by atoms with Gasteiger partial charge in [0, 0.05) is 12.5 Å². The summed E-state index contributed by atoms with van der Waals surface area (Å²) in [6.07, 6.45) is -0.184. The molecule has 4 N–H and O–H groups in total. The average molecular weight is 568 g/mol. The molecule has 1 aliphatic carbocycles. The monoisotopic (exact) mass is 567 g/mol. The van der Waals surface area contributed by atoms with Gasteiger partial charge in [0.25, 0.3) is 0 Å². The standard InChI is InChI=1S/C31H41N3O7/c1-19(2)26(27(35)33-25(28(36)37)16-10-11-17-32-29(38)41-31(3,4)5)34-30(39)40-18-24-22-14-8-6-12-20(22)21-13-7-9-15-23(21)24/h6-9,12-15,19,24-26H,10-11,16-18H2,1-5H3,(H,32,38)(H,33,35)(H,34,39)(H,36,37)/t25-,26?/m0/s1. The highest BCUT2D eigenvalue weighted by atomic mass is 16.6. The van der Waals surface area contributed by atoms with E-state index in [-0.39, 0.29) is 24.9 Å². The number of fused-ring (bicyclic) bond motifs is 3. The van der Waals surface area contributed by atoms with Crippen molar-refractivity contribution in [2.24, 2.45) is 5.92 Å². The summed E-state index contributed by atoms with van der Waals surface area (Å²) >= 11 is 0. The van der Waals surface area contributed by atoms with Crippen LogP contribution in [0.2, 0.25) is 0 Å². The Morgan fingerprint density at radius 2 is 1.46 bits per heavy atom. The maximum absolute atomic E-state index is 13.0. The van der Waals surface area contributed by atoms with Crippen molar-refractivity contribution >= 4 is 24.1 Å². The first-order valence-corrected chi connectivity index (χ1v) is 14.0. The Morgan fingerprint density at radius 1 is 0.878 bits per heavy atom. The average Bonchev–Trinajstić information content (AvgIpc) is 3.22. The highest BCUT2D eigenvalue weighted by molar-refractivity contribution is 5.89. The number of hydrogen-bond donors (Lipinski definition) is 4. The summed E-state index contributed by atoms with van der Waals surface area (Å²) in [6.45, 7) is 9.21. The summed E-state index contributed by atoms with van der Waals surface area (Å²) in [5.41, 5.74) is 3.76. The molecule has 0 bridgehead atoms. The Labute approximate surface area is 241 Å². The number of hydrogen-bond acceptors (Lipinski definition) is 6. The number of aliphatic carboxylic acids is 1. The summed E-state index contributed by atoms with van der Waals surface area (Å²) < 4.78 is 10.7. The van der Waals surface area contributed by atoms with Crippen LogP contribution in [0.1, 0.15) is 70.9 Å². The van der Waals surface area contributed by atoms with Crippen molar-refractivity contribution in [3.63, 3.8) is 0 Å². The molecule has 0 spiro atoms. The van der Waals surface area contributed by atoms with E-state index in [9.17, 15) is 24.3 Å². The SMILES string of the molecule is CC(C)C(NC(=O)OCC1c2ccccc2-c2ccccc21)C(=O)N[C@@H](CCCCNC(=O)OC(C)(C)C)C(=O)O. The zero-order valence-electron chi connectivity index (χ0n) is 24.4. The van der Waals surface area contributed by atoms with Crippen LogP contribution in [0.3, 0.4) is 0 Å². The van der Waals surface area contributed by atoms with Crippen molar-refractivity contribution in [2.45, 2.75) is 77.5 Å². The number of ether oxygens (including phenoxy) is 2. The van der Waals surface area contributed by atoms with Crippen molar-refractivity contribution in [1.29, 1.82) is 0 Å². The van der Waals surface area contributed by atoms with Crippen molar-refractivity contribution in [3.05, 3.63) is 59.7 Å². The van der Waals surface area contributed by atoms with E-state index >= 15 is 0 Å². The fourth-order valence-electron chi connectivity index (χ4n) is 4.80. The lowest BCUT2D eigenvalue weighted by Gasteiger charge is -2.24. The van der Waals surface area contributed by atoms with Crippen LogP contribution in [0.15, 0.2) is 48.5 Å². The minimum Gasteiger partial charge on any atom is -0.480 e. The Morgan fingerprint density at radius 3 is 2.00 bits per heavy atom. The first-order chi connectivity index (χ1) is 19.4. The minimum atomic E-state index is -1.18. The number of alkyl carbamates (subject to hydrolysis) is 2. The molecule has 10 heteroatoms. The van der Waals surface area contributed by atoms with Gasteiger partial charge in [0.15, 0.2) is 0 Å². The molecule has 0 radical (unpaired) electrons. The number of carboxylic acids is 1. The quantitative estimate of drug-likeness (QED) is 0.270. The highest BCUT2D eigenvalue weighted by Gasteiger charge is 2.31. The molecule has 1 aliphatic rings. The van der Waals surface area contributed by atoms with Crippen LogP contribution < -0.4 is 16.0 Å². The van der Waals surface area contributed by atoms with Crippen LogP contribution in [-0.4, -0.2) is 60.0 Å². The summed E-state index contributed by atoms with van der Waals surface area (Å²) in [6, 6.07) is 13.9. The molecule has 0 saturated carbocycles. The number of rotatable bonds is 12. The van der Waals surface area contributed by atoms with Gasteiger partial charge in [0.2, 0.25) is 5.91 Å². The van der Waals surface area contributed by atoms with Gasteiger partial charge >= 0.3 is 18.2 Å². The molecule has 3 amide bonds. The first kappa shape index (κ1) is 31.4. The fraction of sp³-hybridized carbons (Fsp3) is 0.484. The largest absolute Gasteiger partial charge is 0.480 e. The molecule has 2 aromatic rings. The molecular formula is C31H41N3O7. The Hall–Kier alpha value is -4.08. The van der Waals surface area contributed by atoms with E-state index in [0.29, 0.717) is 19.4 Å². The highest BCUT2D eigenvalue weighted by Crippen LogP contribution is 2.44. The molecule has 222 valence electrons. The van der Waals surface area contributed by atoms with Crippen molar-refractivity contribution in [3.8, 4) is 11.1 Å². The number of unbranched alkanes of at least 4 members (excludes halogenated alkanes) is 1. The number of carbonyl (C=O) groups is 4. The lowest BCUT2D eigenvalue weighted by Crippen LogP contribution is -2.53. The van der Waals surface area contributed by atoms with E-state index in [1.165, 1.54) is 0 Å². The van der Waals surface area contributed by atoms with Crippen molar-refractivity contribution < 1.29 is 33.8 Å². The van der Waals surface area contributed by atoms with Crippen molar-refractivity contribution in [1.82, 2.24) is 16.0 Å². The van der Waals surface area contributed by atoms with Gasteiger partial charge in [-0.25, -0.2) is 14.4 Å². The number of nitrogens with one attached hydrogen (secondary N) is 3. The fourth-order valence-corrected chi connectivity index (χ4v) is 4.80. The molecule has 2 atom stereocenters. The van der Waals surface area contributed by atoms with E-state index in [1.54, 1.807) is 34.6 Å². The summed E-state index contributed by atoms with van der Waals surface area (Å²) in [5.74, 6) is -2.22. The Kier molecular flexibility index (Phi) is 10.7. The molecule has 0 aliphatic heterocycles. The first-order valence-electron chi connectivity index (χ1n) is 14.0. The third-order valence-electron chi connectivity index (χ3n) is 6.77. The van der Waals surface area contributed by atoms with E-state index in [4.69, 9.17) is 9.47 Å². The van der Waals surface area contributed by atoms with E-state index in [0.717, 1.165) is 22.3 Å². The second-order valence-corrected chi connectivity index (χ2v) is 11.5. The van der Waals surface area contributed by atoms with Crippen LogP contribution in [0.25, 0.3) is 11.1 Å². The predicted octanol–water partition coefficient (Wildman–Crippen LogP) is 4.81. The molecule has 0 saturated heterocycles. The summed E-state index contributed by atoms with van der Waals surface area (Å²) in [7, 11) is 0. The molecule has 1 unspecified atom stereocenters. The molecule has 0 heterocycles. The van der Waals surface area contributed by atoms with Crippen LogP contribution in [0.4, 0.5) is 9.59 Å². The molecule has 3 rings (SSSR count). The molecule has 0 fully saturated rings. The van der Waals surface area contributed by atoms with E-state index in [2.05, 4.69) is 16.0 Å². The van der Waals surface area contributed by atoms with Gasteiger partial charge in [0.05, 0.1) is 0 Å². The van der Waals surface area contributed by atoms with Gasteiger partial charge in [-0.3, -0.25) is 4.79 Å². The maximum atomic E-state index is 13.0. The minimum absolute atomic E-state index is 0.0986. The lowest BCUT2D eigenvalue weighted by molar-refractivity contribution is -0.142. The third kappa shape index (κ3) is 8.96. The van der Waals surface area contributed by atoms with E-state index < -0.39 is 41.7 Å². The predicted molar refractivity (Wildman–Crippen MR) is 154 cm³/mol. The van der Waals surface area contributed by atoms with Crippen LogP contribution >= 0.6 is 0 Å². The lowest BCUT2D eigenvalue weighted by atomic mass is 9.98. The van der Waals surface area contributed by atoms with Crippen LogP contribution in [0.5, 0.6) is 0 Å². The number of benzene rings is 2. The number of amides is 3. The molecule has 2 aromatic carbocycles. The topological polar surface area (TPSA) is 143 Å². The van der Waals surface area contributed by atoms with E-state index in [1.807, 2.05) is 48.5 Å². The van der Waals surface area contributed by atoms with Crippen LogP contribution in [0, 0.1) is 5.92 Å². The second kappa shape index (κ2) is 14.0. The Bertz CT molecular complexity index is 1190. The van der Waals surface area contributed by atoms with Gasteiger partial charge in [-0.15, -0.1) is 0 Å². The molecule has 0 aromatic heterocycles. The summed E-state index contributed by atoms with van der Waals surface area (Å²) in [5, 5.41) is 17.4. The zero-order chi connectivity index (χ0) is 30.2. The third-order valence-corrected chi connectivity index (χ3v) is 6.77. The second-order valence-electron chi connectivity index (χ2n) is 11.5. The number of carbonyl (C=O) groups excluding carboxylic acids is 3. The normalized spacial score (nSPS) is 13.9. The summed E-state index contributed by atoms with van der Waals surface area (Å²) in [4.78, 5) is 49.3. The van der Waals surface area contributed by atoms with Gasteiger partial charge < -0.3 is 30.5 Å². The van der Waals surface area contributed by atoms with Crippen LogP contribution in [-0.2, 0) is 19.1 Å². The van der Waals surface area contributed by atoms with Crippen molar-refractivity contribution in [2.75, 3.05) is 13.2 Å². The zero-order valence-corrected chi connectivity index (χ0v) is 24.4. The molecule has 10 nitrogen and oxygen atoms in total. The molecule has 41 heavy (non-hydrogen) atoms. The van der Waals surface area contributed by atoms with Gasteiger partial charge in [-0.2, -0.15) is 0 Å². The van der Waals surface area contributed by atoms with Gasteiger partial charge in [-0.05, 0) is 68.2 Å². The smallest absolute Gasteiger partial charge is 0.407 e. The maximum Gasteiger partial charge on any atom is 0.407 e. The van der Waals surface area contributed by atoms with Gasteiger partial charge in [0.1, 0.15) is 24.3 Å². The van der Waals surface area contributed by atoms with Gasteiger partial charge in [-0.1, -0.05) is 62.4 Å². The Balaban J connectivity index is 1.50. The number of carboxylic acid groups (broad SMARTS) is 1. The molecular weight excluding hydrogens is 526 g/mol.